The van der Waals surface area contributed by atoms with Crippen LogP contribution in [0.1, 0.15) is 59.9 Å². The first-order valence-corrected chi connectivity index (χ1v) is 11.0. The van der Waals surface area contributed by atoms with Crippen molar-refractivity contribution in [2.24, 2.45) is 5.73 Å². The number of hydrogen-bond donors (Lipinski definition) is 2. The molecule has 2 bridgehead atoms. The summed E-state index contributed by atoms with van der Waals surface area (Å²) in [5.41, 5.74) is 5.20. The van der Waals surface area contributed by atoms with Gasteiger partial charge in [0, 0.05) is 19.6 Å². The van der Waals surface area contributed by atoms with Crippen LogP contribution in [0.3, 0.4) is 0 Å². The summed E-state index contributed by atoms with van der Waals surface area (Å²) >= 11 is 0. The molecule has 2 saturated heterocycles. The number of hydroxylamine groups is 2. The van der Waals surface area contributed by atoms with Crippen molar-refractivity contribution in [2.45, 2.75) is 78.7 Å². The van der Waals surface area contributed by atoms with Gasteiger partial charge in [0.1, 0.15) is 12.2 Å². The molecule has 0 saturated carbocycles. The van der Waals surface area contributed by atoms with E-state index in [0.29, 0.717) is 12.6 Å². The Balaban J connectivity index is 0.000000591. The number of carbonyl (C=O) groups excluding carboxylic acids is 2. The van der Waals surface area contributed by atoms with E-state index in [4.69, 9.17) is 9.57 Å². The highest BCUT2D eigenvalue weighted by molar-refractivity contribution is 5.76. The van der Waals surface area contributed by atoms with Gasteiger partial charge >= 0.3 is 12.1 Å². The monoisotopic (exact) mass is 438 g/mol. The second-order valence-corrected chi connectivity index (χ2v) is 7.85. The van der Waals surface area contributed by atoms with Crippen LogP contribution in [0.5, 0.6) is 0 Å². The van der Waals surface area contributed by atoms with Gasteiger partial charge in [-0.05, 0) is 53.1 Å². The van der Waals surface area contributed by atoms with Gasteiger partial charge in [0.25, 0.3) is 0 Å². The van der Waals surface area contributed by atoms with Crippen LogP contribution >= 0.6 is 0 Å². The number of urea groups is 1. The Morgan fingerprint density at radius 3 is 2.19 bits per heavy atom. The predicted molar refractivity (Wildman–Crippen MR) is 124 cm³/mol. The Morgan fingerprint density at radius 1 is 1.16 bits per heavy atom. The Labute approximate surface area is 188 Å². The number of nitrogens with two attached hydrogens (primary N) is 1. The molecule has 2 heterocycles. The van der Waals surface area contributed by atoms with Gasteiger partial charge < -0.3 is 20.7 Å². The van der Waals surface area contributed by atoms with Crippen molar-refractivity contribution in [1.29, 1.82) is 0 Å². The minimum absolute atomic E-state index is 0.0286. The molecule has 1 aromatic carbocycles. The van der Waals surface area contributed by atoms with Crippen LogP contribution in [0.2, 0.25) is 0 Å². The fourth-order valence-corrected chi connectivity index (χ4v) is 3.04. The summed E-state index contributed by atoms with van der Waals surface area (Å²) in [6.45, 7) is 12.8. The standard InChI is InChI=1S/C14H18N2O2.C6H13NO2.C2H6.CH5N/c1-11-7-8-13-9-15(11)14(17)16(13)18-10-12-5-3-2-4-6-12;1-6(2,3)9-5(8)7-4;2*1-2/h2-6,11,13H,7-10H2,1H3;1-4H3,(H,7,8);1-2H3;2H2,1H3/t11?,13-;;;/m1.../s1. The molecular formula is C23H42N4O4. The third kappa shape index (κ3) is 10.0. The highest BCUT2D eigenvalue weighted by atomic mass is 16.7. The van der Waals surface area contributed by atoms with E-state index in [1.165, 1.54) is 14.1 Å². The van der Waals surface area contributed by atoms with Crippen LogP contribution in [0.4, 0.5) is 9.59 Å². The van der Waals surface area contributed by atoms with Gasteiger partial charge in [-0.3, -0.25) is 4.84 Å². The van der Waals surface area contributed by atoms with Gasteiger partial charge in [0.05, 0.1) is 6.04 Å². The number of ether oxygens (including phenoxy) is 1. The second kappa shape index (κ2) is 14.6. The molecule has 8 heteroatoms. The van der Waals surface area contributed by atoms with Crippen molar-refractivity contribution in [2.75, 3.05) is 20.6 Å². The van der Waals surface area contributed by atoms with E-state index in [9.17, 15) is 9.59 Å². The fourth-order valence-electron chi connectivity index (χ4n) is 3.04. The molecule has 0 radical (unpaired) electrons. The van der Waals surface area contributed by atoms with E-state index in [-0.39, 0.29) is 23.8 Å². The third-order valence-corrected chi connectivity index (χ3v) is 4.44. The van der Waals surface area contributed by atoms with E-state index in [1.807, 2.05) is 69.9 Å². The number of hydrogen-bond acceptors (Lipinski definition) is 5. The maximum absolute atomic E-state index is 12.1. The topological polar surface area (TPSA) is 97.1 Å². The lowest BCUT2D eigenvalue weighted by Gasteiger charge is -2.27. The van der Waals surface area contributed by atoms with Gasteiger partial charge in [-0.1, -0.05) is 44.2 Å². The second-order valence-electron chi connectivity index (χ2n) is 7.85. The first-order chi connectivity index (χ1) is 14.7. The van der Waals surface area contributed by atoms with Crippen molar-refractivity contribution in [3.8, 4) is 0 Å². The van der Waals surface area contributed by atoms with Crippen LogP contribution in [0.25, 0.3) is 0 Å². The molecule has 1 unspecified atom stereocenters. The van der Waals surface area contributed by atoms with E-state index >= 15 is 0 Å². The Morgan fingerprint density at radius 2 is 1.74 bits per heavy atom. The number of amides is 3. The molecule has 2 aliphatic rings. The molecule has 178 valence electrons. The SMILES string of the molecule is CC.CC1CC[C@@H]2CN1C(=O)N2OCc1ccccc1.CN.CNC(=O)OC(C)(C)C. The quantitative estimate of drug-likeness (QED) is 0.739. The molecule has 2 fully saturated rings. The molecule has 3 amide bonds. The number of benzene rings is 1. The summed E-state index contributed by atoms with van der Waals surface area (Å²) in [5, 5.41) is 3.94. The van der Waals surface area contributed by atoms with E-state index in [0.717, 1.165) is 24.9 Å². The van der Waals surface area contributed by atoms with Crippen molar-refractivity contribution >= 4 is 12.1 Å². The zero-order valence-electron chi connectivity index (χ0n) is 20.5. The largest absolute Gasteiger partial charge is 0.444 e. The minimum atomic E-state index is -0.389. The summed E-state index contributed by atoms with van der Waals surface area (Å²) < 4.78 is 4.84. The number of carbonyl (C=O) groups is 2. The number of piperidine rings is 1. The van der Waals surface area contributed by atoms with E-state index < -0.39 is 0 Å². The Kier molecular flexibility index (Phi) is 13.5. The highest BCUT2D eigenvalue weighted by Crippen LogP contribution is 2.29. The van der Waals surface area contributed by atoms with E-state index in [2.05, 4.69) is 18.0 Å². The minimum Gasteiger partial charge on any atom is -0.444 e. The van der Waals surface area contributed by atoms with Crippen molar-refractivity contribution in [3.63, 3.8) is 0 Å². The Bertz CT molecular complexity index is 634. The number of fused-ring (bicyclic) bond motifs is 2. The summed E-state index contributed by atoms with van der Waals surface area (Å²) in [4.78, 5) is 30.3. The zero-order chi connectivity index (χ0) is 24.0. The van der Waals surface area contributed by atoms with Gasteiger partial charge in [0.2, 0.25) is 0 Å². The maximum atomic E-state index is 12.1. The van der Waals surface area contributed by atoms with Crippen molar-refractivity contribution in [1.82, 2.24) is 15.3 Å². The molecule has 0 spiro atoms. The van der Waals surface area contributed by atoms with Crippen molar-refractivity contribution < 1.29 is 19.2 Å². The molecular weight excluding hydrogens is 396 g/mol. The summed E-state index contributed by atoms with van der Waals surface area (Å²) in [7, 11) is 3.04. The molecule has 2 aliphatic heterocycles. The summed E-state index contributed by atoms with van der Waals surface area (Å²) in [6.07, 6.45) is 1.72. The maximum Gasteiger partial charge on any atom is 0.407 e. The van der Waals surface area contributed by atoms with Gasteiger partial charge in [-0.25, -0.2) is 9.59 Å². The van der Waals surface area contributed by atoms with Crippen LogP contribution in [0.15, 0.2) is 30.3 Å². The molecule has 0 aliphatic carbocycles. The predicted octanol–water partition coefficient (Wildman–Crippen LogP) is 4.15. The molecule has 3 N–H and O–H groups in total. The first kappa shape index (κ1) is 28.7. The van der Waals surface area contributed by atoms with Crippen molar-refractivity contribution in [3.05, 3.63) is 35.9 Å². The van der Waals surface area contributed by atoms with Gasteiger partial charge in [-0.15, -0.1) is 0 Å². The van der Waals surface area contributed by atoms with E-state index in [1.54, 1.807) is 5.06 Å². The number of nitrogens with zero attached hydrogens (tertiary/aromatic N) is 2. The Hall–Kier alpha value is -2.32. The number of nitrogens with one attached hydrogen (secondary N) is 1. The average molecular weight is 439 g/mol. The first-order valence-electron chi connectivity index (χ1n) is 11.0. The average Bonchev–Trinajstić information content (AvgIpc) is 3.03. The van der Waals surface area contributed by atoms with Crippen LogP contribution in [-0.4, -0.2) is 60.4 Å². The molecule has 31 heavy (non-hydrogen) atoms. The third-order valence-electron chi connectivity index (χ3n) is 4.44. The summed E-state index contributed by atoms with van der Waals surface area (Å²) in [5.74, 6) is 0. The van der Waals surface area contributed by atoms with Gasteiger partial charge in [0.15, 0.2) is 0 Å². The lowest BCUT2D eigenvalue weighted by atomic mass is 10.0. The normalized spacial score (nSPS) is 19.1. The lowest BCUT2D eigenvalue weighted by Crippen LogP contribution is -2.37. The van der Waals surface area contributed by atoms with Crippen LogP contribution < -0.4 is 11.1 Å². The van der Waals surface area contributed by atoms with Gasteiger partial charge in [-0.2, -0.15) is 5.06 Å². The smallest absolute Gasteiger partial charge is 0.407 e. The van der Waals surface area contributed by atoms with Crippen LogP contribution in [0, 0.1) is 0 Å². The molecule has 3 rings (SSSR count). The van der Waals surface area contributed by atoms with Crippen LogP contribution in [-0.2, 0) is 16.2 Å². The highest BCUT2D eigenvalue weighted by Gasteiger charge is 2.43. The molecule has 1 aromatic rings. The zero-order valence-corrected chi connectivity index (χ0v) is 20.5. The lowest BCUT2D eigenvalue weighted by molar-refractivity contribution is -0.140. The molecule has 0 aromatic heterocycles. The number of alkyl carbamates (subject to hydrolysis) is 1. The molecule has 2 atom stereocenters. The molecule has 8 nitrogen and oxygen atoms in total. The fraction of sp³-hybridized carbons (Fsp3) is 0.652. The summed E-state index contributed by atoms with van der Waals surface area (Å²) in [6, 6.07) is 10.6. The number of rotatable bonds is 3.